The van der Waals surface area contributed by atoms with Crippen LogP contribution in [0.4, 0.5) is 0 Å². The molecule has 3 aliphatic heterocycles. The Morgan fingerprint density at radius 2 is 0.877 bits per heavy atom. The van der Waals surface area contributed by atoms with E-state index in [9.17, 15) is 14.4 Å². The van der Waals surface area contributed by atoms with E-state index in [1.54, 1.807) is 0 Å². The maximum absolute atomic E-state index is 13.0. The molecule has 0 aromatic heterocycles. The largest absolute Gasteiger partial charge is 0.465 e. The Bertz CT molecular complexity index is 1210. The number of hydrogen-bond acceptors (Lipinski definition) is 12. The fourth-order valence-electron chi connectivity index (χ4n) is 9.60. The molecule has 0 aromatic carbocycles. The average Bonchev–Trinajstić information content (AvgIpc) is 4.14. The van der Waals surface area contributed by atoms with Crippen molar-refractivity contribution in [3.05, 3.63) is 0 Å². The zero-order chi connectivity index (χ0) is 40.8. The second kappa shape index (κ2) is 20.0. The van der Waals surface area contributed by atoms with Crippen LogP contribution in [0.1, 0.15) is 132 Å². The molecule has 0 bridgehead atoms. The molecule has 57 heavy (non-hydrogen) atoms. The van der Waals surface area contributed by atoms with E-state index < -0.39 is 5.41 Å². The van der Waals surface area contributed by atoms with Gasteiger partial charge in [0.05, 0.1) is 59.8 Å². The number of hydrogen-bond donors (Lipinski definition) is 0. The monoisotopic (exact) mass is 854 g/mol. The first-order valence-corrected chi connectivity index (χ1v) is 25.8. The molecule has 3 aliphatic carbocycles. The molecule has 6 fully saturated rings. The van der Waals surface area contributed by atoms with Gasteiger partial charge in [-0.05, 0) is 138 Å². The summed E-state index contributed by atoms with van der Waals surface area (Å²) in [6.07, 6.45) is 13.3. The zero-order valence-corrected chi connectivity index (χ0v) is 38.6. The van der Waals surface area contributed by atoms with Crippen LogP contribution in [0.3, 0.4) is 0 Å². The van der Waals surface area contributed by atoms with E-state index in [0.717, 1.165) is 55.8 Å². The van der Waals surface area contributed by atoms with E-state index >= 15 is 0 Å². The Kier molecular flexibility index (Phi) is 16.1. The van der Waals surface area contributed by atoms with Crippen LogP contribution in [0.5, 0.6) is 0 Å². The minimum Gasteiger partial charge on any atom is -0.465 e. The molecule has 3 saturated carbocycles. The van der Waals surface area contributed by atoms with Crippen molar-refractivity contribution in [2.75, 3.05) is 54.3 Å². The smallest absolute Gasteiger partial charge is 0.306 e. The van der Waals surface area contributed by atoms with Crippen molar-refractivity contribution < 1.29 is 42.8 Å². The van der Waals surface area contributed by atoms with Crippen molar-refractivity contribution >= 4 is 53.2 Å². The van der Waals surface area contributed by atoms with Gasteiger partial charge in [0.25, 0.3) is 0 Å². The summed E-state index contributed by atoms with van der Waals surface area (Å²) in [6.45, 7) is 15.8. The summed E-state index contributed by atoms with van der Waals surface area (Å²) in [5.41, 5.74) is -0.380. The quantitative estimate of drug-likeness (QED) is 0.0378. The third-order valence-corrected chi connectivity index (χ3v) is 18.7. The average molecular weight is 855 g/mol. The van der Waals surface area contributed by atoms with Crippen LogP contribution in [0, 0.1) is 40.9 Å². The first-order valence-electron chi connectivity index (χ1n) is 22.4. The van der Waals surface area contributed by atoms with Gasteiger partial charge in [0.1, 0.15) is 19.8 Å². The molecular weight excluding hydrogens is 781 g/mol. The fourth-order valence-corrected chi connectivity index (χ4v) is 13.0. The summed E-state index contributed by atoms with van der Waals surface area (Å²) in [4.78, 5) is 39.0. The number of epoxide rings is 3. The lowest BCUT2D eigenvalue weighted by atomic mass is 9.77. The highest BCUT2D eigenvalue weighted by molar-refractivity contribution is 7.99. The SMILES string of the molecule is CCC(COC(=O)CCSCC(C)C1CCC2(C)OC2C1)(COC(=O)CCSCC(C)C1CCC2(C)OC2C1)COC(=O)CCSCC(C)C1CCC2(C)OC2C1. The molecule has 326 valence electrons. The molecule has 6 aliphatic rings. The van der Waals surface area contributed by atoms with E-state index in [4.69, 9.17) is 28.4 Å². The van der Waals surface area contributed by atoms with Gasteiger partial charge in [0.2, 0.25) is 0 Å². The molecule has 12 heteroatoms. The van der Waals surface area contributed by atoms with Gasteiger partial charge in [-0.1, -0.05) is 27.7 Å². The van der Waals surface area contributed by atoms with E-state index in [1.165, 1.54) is 19.3 Å². The Balaban J connectivity index is 0.896. The van der Waals surface area contributed by atoms with Crippen LogP contribution in [-0.2, 0) is 42.8 Å². The van der Waals surface area contributed by atoms with Gasteiger partial charge in [-0.3, -0.25) is 14.4 Å². The van der Waals surface area contributed by atoms with Gasteiger partial charge in [-0.25, -0.2) is 0 Å². The van der Waals surface area contributed by atoms with Gasteiger partial charge in [0, 0.05) is 17.3 Å². The molecule has 12 unspecified atom stereocenters. The fraction of sp³-hybridized carbons (Fsp3) is 0.933. The molecule has 9 nitrogen and oxygen atoms in total. The lowest BCUT2D eigenvalue weighted by Gasteiger charge is -2.31. The van der Waals surface area contributed by atoms with E-state index in [-0.39, 0.29) is 54.5 Å². The molecule has 0 aromatic rings. The number of fused-ring (bicyclic) bond motifs is 3. The molecule has 12 atom stereocenters. The van der Waals surface area contributed by atoms with Crippen LogP contribution in [0.2, 0.25) is 0 Å². The molecule has 6 rings (SSSR count). The molecule has 0 radical (unpaired) electrons. The van der Waals surface area contributed by atoms with Crippen molar-refractivity contribution in [2.45, 2.75) is 167 Å². The first kappa shape index (κ1) is 45.9. The summed E-state index contributed by atoms with van der Waals surface area (Å²) < 4.78 is 35.2. The lowest BCUT2D eigenvalue weighted by molar-refractivity contribution is -0.161. The minimum atomic E-state index is -0.799. The van der Waals surface area contributed by atoms with Gasteiger partial charge in [-0.2, -0.15) is 35.3 Å². The normalized spacial score (nSPS) is 36.3. The van der Waals surface area contributed by atoms with Crippen LogP contribution in [0.25, 0.3) is 0 Å². The van der Waals surface area contributed by atoms with Gasteiger partial charge >= 0.3 is 17.9 Å². The number of carbonyl (C=O) groups excluding carboxylic acids is 3. The Hall–Kier alpha value is -0.660. The highest BCUT2D eigenvalue weighted by Crippen LogP contribution is 2.53. The van der Waals surface area contributed by atoms with Crippen LogP contribution < -0.4 is 0 Å². The Morgan fingerprint density at radius 1 is 0.579 bits per heavy atom. The lowest BCUT2D eigenvalue weighted by Crippen LogP contribution is -2.39. The molecular formula is C45H74O9S3. The van der Waals surface area contributed by atoms with Crippen LogP contribution in [0.15, 0.2) is 0 Å². The minimum absolute atomic E-state index is 0.0427. The van der Waals surface area contributed by atoms with E-state index in [0.29, 0.717) is 96.8 Å². The summed E-state index contributed by atoms with van der Waals surface area (Å²) in [5, 5.41) is 0. The number of thioether (sulfide) groups is 3. The summed E-state index contributed by atoms with van der Waals surface area (Å²) >= 11 is 5.43. The van der Waals surface area contributed by atoms with Crippen molar-refractivity contribution in [2.24, 2.45) is 40.9 Å². The number of carbonyl (C=O) groups is 3. The summed E-state index contributed by atoms with van der Waals surface area (Å²) in [7, 11) is 0. The highest BCUT2D eigenvalue weighted by Gasteiger charge is 2.57. The van der Waals surface area contributed by atoms with Gasteiger partial charge in [-0.15, -0.1) is 0 Å². The number of rotatable bonds is 25. The van der Waals surface area contributed by atoms with E-state index in [1.807, 2.05) is 42.2 Å². The number of ether oxygens (including phenoxy) is 6. The third kappa shape index (κ3) is 12.9. The maximum atomic E-state index is 13.0. The topological polar surface area (TPSA) is 116 Å². The molecule has 3 saturated heterocycles. The van der Waals surface area contributed by atoms with Crippen molar-refractivity contribution in [3.8, 4) is 0 Å². The Labute approximate surface area is 356 Å². The molecule has 0 spiro atoms. The van der Waals surface area contributed by atoms with Crippen LogP contribution in [-0.4, -0.2) is 107 Å². The summed E-state index contributed by atoms with van der Waals surface area (Å²) in [6, 6.07) is 0. The van der Waals surface area contributed by atoms with Gasteiger partial charge < -0.3 is 28.4 Å². The van der Waals surface area contributed by atoms with E-state index in [2.05, 4.69) is 41.5 Å². The summed E-state index contributed by atoms with van der Waals surface area (Å²) in [5.74, 6) is 8.16. The van der Waals surface area contributed by atoms with Crippen molar-refractivity contribution in [1.29, 1.82) is 0 Å². The maximum Gasteiger partial charge on any atom is 0.306 e. The Morgan fingerprint density at radius 3 is 1.14 bits per heavy atom. The number of esters is 3. The van der Waals surface area contributed by atoms with Crippen molar-refractivity contribution in [3.63, 3.8) is 0 Å². The second-order valence-electron chi connectivity index (χ2n) is 19.6. The molecule has 3 heterocycles. The predicted molar refractivity (Wildman–Crippen MR) is 231 cm³/mol. The predicted octanol–water partition coefficient (Wildman–Crippen LogP) is 9.16. The molecule has 0 amide bonds. The van der Waals surface area contributed by atoms with Crippen molar-refractivity contribution in [1.82, 2.24) is 0 Å². The molecule has 0 N–H and O–H groups in total. The zero-order valence-electron chi connectivity index (χ0n) is 36.2. The third-order valence-electron chi connectivity index (χ3n) is 15.0. The standard InChI is InChI=1S/C45H74O9S3/c1-8-45(27-49-39(46)12-18-55-24-30(2)33-9-15-42(5)36(21-33)52-42,28-50-40(47)13-19-56-25-31(3)34-10-16-43(6)37(22-34)53-43)29-51-41(48)14-20-57-26-32(4)35-11-17-44(7)38(23-35)54-44/h30-38H,8-29H2,1-7H3. The van der Waals surface area contributed by atoms with Crippen LogP contribution >= 0.6 is 35.3 Å². The van der Waals surface area contributed by atoms with Gasteiger partial charge in [0.15, 0.2) is 0 Å². The second-order valence-corrected chi connectivity index (χ2v) is 23.1. The first-order chi connectivity index (χ1) is 27.1. The highest BCUT2D eigenvalue weighted by atomic mass is 32.2.